The Morgan fingerprint density at radius 2 is 1.76 bits per heavy atom. The van der Waals surface area contributed by atoms with Gasteiger partial charge in [-0.1, -0.05) is 17.7 Å². The third-order valence-corrected chi connectivity index (χ3v) is 7.44. The first-order chi connectivity index (χ1) is 16.2. The predicted molar refractivity (Wildman–Crippen MR) is 126 cm³/mol. The third kappa shape index (κ3) is 4.59. The molecule has 34 heavy (non-hydrogen) atoms. The molecule has 2 heterocycles. The van der Waals surface area contributed by atoms with Crippen LogP contribution in [-0.2, 0) is 32.5 Å². The maximum absolute atomic E-state index is 13.3. The summed E-state index contributed by atoms with van der Waals surface area (Å²) in [6, 6.07) is 13.7. The van der Waals surface area contributed by atoms with E-state index in [1.54, 1.807) is 23.7 Å². The number of hydrogen-bond donors (Lipinski definition) is 1. The summed E-state index contributed by atoms with van der Waals surface area (Å²) >= 11 is 0. The quantitative estimate of drug-likeness (QED) is 0.541. The van der Waals surface area contributed by atoms with Crippen molar-refractivity contribution in [3.63, 3.8) is 0 Å². The van der Waals surface area contributed by atoms with Crippen LogP contribution < -0.4 is 5.32 Å². The van der Waals surface area contributed by atoms with E-state index >= 15 is 0 Å². The number of carbonyl (C=O) groups is 2. The number of fused-ring (bicyclic) bond motifs is 1. The molecule has 1 aromatic heterocycles. The lowest BCUT2D eigenvalue weighted by Gasteiger charge is -2.27. The number of rotatable bonds is 6. The second-order valence-electron chi connectivity index (χ2n) is 8.04. The summed E-state index contributed by atoms with van der Waals surface area (Å²) in [6.07, 6.45) is 0.388. The molecule has 2 aromatic carbocycles. The Hall–Kier alpha value is -3.50. The van der Waals surface area contributed by atoms with Gasteiger partial charge in [-0.15, -0.1) is 0 Å². The highest BCUT2D eigenvalue weighted by Gasteiger charge is 2.34. The molecule has 0 bridgehead atoms. The maximum atomic E-state index is 13.3. The van der Waals surface area contributed by atoms with E-state index in [4.69, 9.17) is 4.74 Å². The molecule has 0 unspecified atom stereocenters. The SMILES string of the molecule is CCOC(=O)c1nn(-c2ccc(C)cc2)c2c1CN(S(=O)(=O)c1ccc(NC(C)=O)cc1)CC2. The molecule has 3 aromatic rings. The van der Waals surface area contributed by atoms with E-state index in [-0.39, 0.29) is 36.2 Å². The highest BCUT2D eigenvalue weighted by molar-refractivity contribution is 7.89. The fourth-order valence-corrected chi connectivity index (χ4v) is 5.33. The molecule has 0 atom stereocenters. The van der Waals surface area contributed by atoms with Gasteiger partial charge in [0.25, 0.3) is 0 Å². The number of amides is 1. The first-order valence-electron chi connectivity index (χ1n) is 10.9. The van der Waals surface area contributed by atoms with E-state index in [1.807, 2.05) is 31.2 Å². The largest absolute Gasteiger partial charge is 0.461 e. The zero-order valence-electron chi connectivity index (χ0n) is 19.2. The van der Waals surface area contributed by atoms with Crippen molar-refractivity contribution in [3.8, 4) is 5.69 Å². The molecular weight excluding hydrogens is 456 g/mol. The van der Waals surface area contributed by atoms with Crippen molar-refractivity contribution in [2.24, 2.45) is 0 Å². The van der Waals surface area contributed by atoms with Crippen LogP contribution in [0.1, 0.15) is 41.2 Å². The van der Waals surface area contributed by atoms with E-state index in [2.05, 4.69) is 10.4 Å². The van der Waals surface area contributed by atoms with Crippen LogP contribution in [0.3, 0.4) is 0 Å². The Kier molecular flexibility index (Phi) is 6.54. The van der Waals surface area contributed by atoms with Crippen LogP contribution in [0.2, 0.25) is 0 Å². The highest BCUT2D eigenvalue weighted by atomic mass is 32.2. The minimum Gasteiger partial charge on any atom is -0.461 e. The first kappa shape index (κ1) is 23.7. The minimum absolute atomic E-state index is 0.00508. The molecular formula is C24H26N4O5S. The zero-order chi connectivity index (χ0) is 24.5. The molecule has 0 saturated carbocycles. The van der Waals surface area contributed by atoms with Gasteiger partial charge in [0, 0.05) is 37.7 Å². The second-order valence-corrected chi connectivity index (χ2v) is 9.97. The average molecular weight is 483 g/mol. The van der Waals surface area contributed by atoms with E-state index < -0.39 is 16.0 Å². The van der Waals surface area contributed by atoms with Crippen LogP contribution in [0.15, 0.2) is 53.4 Å². The summed E-state index contributed by atoms with van der Waals surface area (Å²) in [5.41, 5.74) is 3.86. The van der Waals surface area contributed by atoms with Crippen molar-refractivity contribution in [1.82, 2.24) is 14.1 Å². The van der Waals surface area contributed by atoms with Crippen molar-refractivity contribution >= 4 is 27.6 Å². The molecule has 1 amide bonds. The molecule has 1 N–H and O–H groups in total. The monoisotopic (exact) mass is 482 g/mol. The number of carbonyl (C=O) groups excluding carboxylic acids is 2. The van der Waals surface area contributed by atoms with Crippen LogP contribution in [0.25, 0.3) is 5.69 Å². The molecule has 0 aliphatic carbocycles. The molecule has 0 fully saturated rings. The van der Waals surface area contributed by atoms with Crippen LogP contribution >= 0.6 is 0 Å². The van der Waals surface area contributed by atoms with Crippen LogP contribution in [-0.4, -0.2) is 47.5 Å². The van der Waals surface area contributed by atoms with E-state index in [9.17, 15) is 18.0 Å². The highest BCUT2D eigenvalue weighted by Crippen LogP contribution is 2.30. The Morgan fingerprint density at radius 3 is 2.38 bits per heavy atom. The molecule has 0 spiro atoms. The Labute approximate surface area is 198 Å². The number of aryl methyl sites for hydroxylation is 1. The molecule has 178 valence electrons. The number of esters is 1. The van der Waals surface area contributed by atoms with Crippen molar-refractivity contribution in [3.05, 3.63) is 71.0 Å². The van der Waals surface area contributed by atoms with Gasteiger partial charge in [-0.2, -0.15) is 9.40 Å². The molecule has 1 aliphatic heterocycles. The summed E-state index contributed by atoms with van der Waals surface area (Å²) in [5, 5.41) is 7.14. The number of sulfonamides is 1. The molecule has 4 rings (SSSR count). The Bertz CT molecular complexity index is 1330. The number of anilines is 1. The van der Waals surface area contributed by atoms with Crippen LogP contribution in [0.5, 0.6) is 0 Å². The lowest BCUT2D eigenvalue weighted by atomic mass is 10.1. The molecule has 10 heteroatoms. The Balaban J connectivity index is 1.69. The second kappa shape index (κ2) is 9.40. The zero-order valence-corrected chi connectivity index (χ0v) is 20.1. The van der Waals surface area contributed by atoms with E-state index in [1.165, 1.54) is 23.4 Å². The lowest BCUT2D eigenvalue weighted by Crippen LogP contribution is -2.36. The first-order valence-corrected chi connectivity index (χ1v) is 12.4. The fourth-order valence-electron chi connectivity index (χ4n) is 3.92. The summed E-state index contributed by atoms with van der Waals surface area (Å²) in [5.74, 6) is -0.820. The summed E-state index contributed by atoms with van der Waals surface area (Å²) in [7, 11) is -3.83. The average Bonchev–Trinajstić information content (AvgIpc) is 3.19. The van der Waals surface area contributed by atoms with Gasteiger partial charge >= 0.3 is 5.97 Å². The summed E-state index contributed by atoms with van der Waals surface area (Å²) in [6.45, 7) is 5.51. The van der Waals surface area contributed by atoms with Gasteiger partial charge in [0.05, 0.1) is 22.9 Å². The van der Waals surface area contributed by atoms with Crippen LogP contribution in [0.4, 0.5) is 5.69 Å². The van der Waals surface area contributed by atoms with Gasteiger partial charge in [-0.3, -0.25) is 4.79 Å². The topological polar surface area (TPSA) is 111 Å². The third-order valence-electron chi connectivity index (χ3n) is 5.58. The predicted octanol–water partition coefficient (Wildman–Crippen LogP) is 3.06. The molecule has 0 saturated heterocycles. The summed E-state index contributed by atoms with van der Waals surface area (Å²) < 4.78 is 34.9. The minimum atomic E-state index is -3.83. The van der Waals surface area contributed by atoms with E-state index in [0.29, 0.717) is 17.7 Å². The van der Waals surface area contributed by atoms with E-state index in [0.717, 1.165) is 16.9 Å². The number of nitrogens with zero attached hydrogens (tertiary/aromatic N) is 3. The number of ether oxygens (including phenoxy) is 1. The lowest BCUT2D eigenvalue weighted by molar-refractivity contribution is -0.114. The maximum Gasteiger partial charge on any atom is 0.359 e. The normalized spacial score (nSPS) is 13.9. The van der Waals surface area contributed by atoms with Crippen molar-refractivity contribution in [1.29, 1.82) is 0 Å². The fraction of sp³-hybridized carbons (Fsp3) is 0.292. The van der Waals surface area contributed by atoms with Crippen LogP contribution in [0, 0.1) is 6.92 Å². The van der Waals surface area contributed by atoms with Gasteiger partial charge in [0.1, 0.15) is 0 Å². The smallest absolute Gasteiger partial charge is 0.359 e. The van der Waals surface area contributed by atoms with Crippen molar-refractivity contribution in [2.45, 2.75) is 38.6 Å². The molecule has 0 radical (unpaired) electrons. The standard InChI is InChI=1S/C24H26N4O5S/c1-4-33-24(30)23-21-15-27(34(31,32)20-11-7-18(8-12-20)25-17(3)29)14-13-22(21)28(26-23)19-9-5-16(2)6-10-19/h5-12H,4,13-15H2,1-3H3,(H,25,29). The summed E-state index contributed by atoms with van der Waals surface area (Å²) in [4.78, 5) is 24.0. The van der Waals surface area contributed by atoms with Gasteiger partial charge < -0.3 is 10.1 Å². The number of benzene rings is 2. The molecule has 1 aliphatic rings. The van der Waals surface area contributed by atoms with Crippen molar-refractivity contribution < 1.29 is 22.7 Å². The van der Waals surface area contributed by atoms with Crippen molar-refractivity contribution in [2.75, 3.05) is 18.5 Å². The number of hydrogen-bond acceptors (Lipinski definition) is 6. The molecule has 9 nitrogen and oxygen atoms in total. The number of nitrogens with one attached hydrogen (secondary N) is 1. The van der Waals surface area contributed by atoms with Gasteiger partial charge in [-0.25, -0.2) is 17.9 Å². The van der Waals surface area contributed by atoms with Gasteiger partial charge in [0.15, 0.2) is 5.69 Å². The number of aromatic nitrogens is 2. The Morgan fingerprint density at radius 1 is 1.09 bits per heavy atom. The van der Waals surface area contributed by atoms with Gasteiger partial charge in [-0.05, 0) is 50.2 Å². The van der Waals surface area contributed by atoms with Gasteiger partial charge in [0.2, 0.25) is 15.9 Å².